The van der Waals surface area contributed by atoms with Crippen molar-refractivity contribution >= 4 is 55.9 Å². The lowest BCUT2D eigenvalue weighted by Crippen LogP contribution is -2.13. The summed E-state index contributed by atoms with van der Waals surface area (Å²) < 4.78 is 0. The first-order valence-corrected chi connectivity index (χ1v) is 13.3. The van der Waals surface area contributed by atoms with Crippen LogP contribution in [0.4, 0.5) is 34.1 Å². The smallest absolute Gasteiger partial charge is 0.0723 e. The number of pyridine rings is 2. The summed E-state index contributed by atoms with van der Waals surface area (Å²) >= 11 is 0. The lowest BCUT2D eigenvalue weighted by atomic mass is 10.1. The number of anilines is 6. The molecule has 190 valence electrons. The van der Waals surface area contributed by atoms with Gasteiger partial charge in [0.2, 0.25) is 0 Å². The van der Waals surface area contributed by atoms with Crippen molar-refractivity contribution in [3.05, 3.63) is 158 Å². The van der Waals surface area contributed by atoms with Gasteiger partial charge in [-0.2, -0.15) is 0 Å². The van der Waals surface area contributed by atoms with E-state index in [9.17, 15) is 0 Å². The number of hydrogen-bond donors (Lipinski definition) is 0. The highest BCUT2D eigenvalue weighted by Gasteiger charge is 2.18. The third-order valence-corrected chi connectivity index (χ3v) is 7.13. The Hall–Kier alpha value is -5.48. The predicted octanol–water partition coefficient (Wildman–Crippen LogP) is 9.72. The fourth-order valence-electron chi connectivity index (χ4n) is 5.31. The molecule has 2 heterocycles. The lowest BCUT2D eigenvalue weighted by molar-refractivity contribution is 1.25. The van der Waals surface area contributed by atoms with E-state index in [-0.39, 0.29) is 0 Å². The Labute approximate surface area is 233 Å². The van der Waals surface area contributed by atoms with Crippen LogP contribution in [-0.2, 0) is 0 Å². The second kappa shape index (κ2) is 10.4. The van der Waals surface area contributed by atoms with Gasteiger partial charge in [0.05, 0.1) is 22.4 Å². The molecule has 0 amide bonds. The normalized spacial score (nSPS) is 11.0. The molecule has 0 aliphatic rings. The highest BCUT2D eigenvalue weighted by atomic mass is 15.2. The van der Waals surface area contributed by atoms with Crippen LogP contribution in [0.3, 0.4) is 0 Å². The third-order valence-electron chi connectivity index (χ3n) is 7.13. The predicted molar refractivity (Wildman–Crippen MR) is 166 cm³/mol. The van der Waals surface area contributed by atoms with Crippen molar-refractivity contribution in [2.24, 2.45) is 0 Å². The standard InChI is InChI=1S/C36H26N4/c1-3-11-27(12-4-1)39(35-23-25-37-33-17-9-7-15-31(33)35)29-19-21-30(22-20-29)40(28-13-5-2-6-14-28)36-24-26-38-34-18-10-8-16-32(34)36/h1-26H. The van der Waals surface area contributed by atoms with E-state index in [1.807, 2.05) is 36.7 Å². The Morgan fingerprint density at radius 1 is 0.325 bits per heavy atom. The quantitative estimate of drug-likeness (QED) is 0.221. The number of nitrogens with zero attached hydrogens (tertiary/aromatic N) is 4. The van der Waals surface area contributed by atoms with E-state index in [0.29, 0.717) is 0 Å². The van der Waals surface area contributed by atoms with E-state index in [1.165, 1.54) is 0 Å². The van der Waals surface area contributed by atoms with Crippen LogP contribution in [0, 0.1) is 0 Å². The lowest BCUT2D eigenvalue weighted by Gasteiger charge is -2.29. The molecule has 5 aromatic carbocycles. The van der Waals surface area contributed by atoms with Gasteiger partial charge >= 0.3 is 0 Å². The molecule has 0 radical (unpaired) electrons. The molecule has 4 nitrogen and oxygen atoms in total. The molecular formula is C36H26N4. The molecular weight excluding hydrogens is 488 g/mol. The summed E-state index contributed by atoms with van der Waals surface area (Å²) in [5.41, 5.74) is 8.43. The maximum absolute atomic E-state index is 4.60. The summed E-state index contributed by atoms with van der Waals surface area (Å²) in [5, 5.41) is 2.21. The minimum atomic E-state index is 0.970. The molecule has 0 saturated carbocycles. The van der Waals surface area contributed by atoms with Crippen molar-refractivity contribution < 1.29 is 0 Å². The maximum atomic E-state index is 4.60. The fraction of sp³-hybridized carbons (Fsp3) is 0. The van der Waals surface area contributed by atoms with Crippen LogP contribution < -0.4 is 9.80 Å². The molecule has 0 atom stereocenters. The SMILES string of the molecule is c1ccc(N(c2ccc(N(c3ccccc3)c3ccnc4ccccc34)cc2)c2ccnc3ccccc23)cc1. The molecule has 2 aromatic heterocycles. The Morgan fingerprint density at radius 2 is 0.675 bits per heavy atom. The minimum absolute atomic E-state index is 0.970. The van der Waals surface area contributed by atoms with Gasteiger partial charge < -0.3 is 9.80 Å². The van der Waals surface area contributed by atoms with Gasteiger partial charge in [0.25, 0.3) is 0 Å². The van der Waals surface area contributed by atoms with E-state index in [4.69, 9.17) is 0 Å². The summed E-state index contributed by atoms with van der Waals surface area (Å²) in [7, 11) is 0. The van der Waals surface area contributed by atoms with E-state index in [2.05, 4.69) is 141 Å². The Morgan fingerprint density at radius 3 is 1.10 bits per heavy atom. The largest absolute Gasteiger partial charge is 0.310 e. The highest BCUT2D eigenvalue weighted by Crippen LogP contribution is 2.42. The Balaban J connectivity index is 1.38. The monoisotopic (exact) mass is 514 g/mol. The third kappa shape index (κ3) is 4.32. The number of aromatic nitrogens is 2. The average molecular weight is 515 g/mol. The van der Waals surface area contributed by atoms with E-state index >= 15 is 0 Å². The van der Waals surface area contributed by atoms with Gasteiger partial charge in [-0.05, 0) is 72.8 Å². The van der Waals surface area contributed by atoms with Crippen molar-refractivity contribution in [2.45, 2.75) is 0 Å². The van der Waals surface area contributed by atoms with Crippen molar-refractivity contribution in [3.8, 4) is 0 Å². The summed E-state index contributed by atoms with van der Waals surface area (Å²) in [4.78, 5) is 13.8. The van der Waals surface area contributed by atoms with Crippen molar-refractivity contribution in [2.75, 3.05) is 9.80 Å². The fourth-order valence-corrected chi connectivity index (χ4v) is 5.31. The number of rotatable bonds is 6. The number of hydrogen-bond acceptors (Lipinski definition) is 4. The zero-order valence-electron chi connectivity index (χ0n) is 21.8. The van der Waals surface area contributed by atoms with Gasteiger partial charge in [0.1, 0.15) is 0 Å². The van der Waals surface area contributed by atoms with Crippen LogP contribution in [0.15, 0.2) is 158 Å². The first-order valence-electron chi connectivity index (χ1n) is 13.3. The van der Waals surface area contributed by atoms with Gasteiger partial charge in [-0.3, -0.25) is 9.97 Å². The molecule has 0 spiro atoms. The van der Waals surface area contributed by atoms with Gasteiger partial charge in [0, 0.05) is 45.9 Å². The summed E-state index contributed by atoms with van der Waals surface area (Å²) in [6, 6.07) is 50.5. The van der Waals surface area contributed by atoms with Crippen molar-refractivity contribution in [3.63, 3.8) is 0 Å². The minimum Gasteiger partial charge on any atom is -0.310 e. The molecule has 0 unspecified atom stereocenters. The van der Waals surface area contributed by atoms with Gasteiger partial charge in [-0.1, -0.05) is 72.8 Å². The first kappa shape index (κ1) is 23.6. The van der Waals surface area contributed by atoms with E-state index in [1.54, 1.807) is 0 Å². The van der Waals surface area contributed by atoms with Gasteiger partial charge in [-0.25, -0.2) is 0 Å². The maximum Gasteiger partial charge on any atom is 0.0723 e. The second-order valence-electron chi connectivity index (χ2n) is 9.55. The first-order chi connectivity index (χ1) is 19.9. The number of para-hydroxylation sites is 4. The molecule has 0 fully saturated rings. The van der Waals surface area contributed by atoms with Gasteiger partial charge in [0.15, 0.2) is 0 Å². The molecule has 0 aliphatic carbocycles. The second-order valence-corrected chi connectivity index (χ2v) is 9.55. The van der Waals surface area contributed by atoms with Crippen molar-refractivity contribution in [1.82, 2.24) is 9.97 Å². The van der Waals surface area contributed by atoms with Crippen LogP contribution in [0.5, 0.6) is 0 Å². The summed E-state index contributed by atoms with van der Waals surface area (Å²) in [6.07, 6.45) is 3.77. The number of benzene rings is 5. The molecule has 7 aromatic rings. The van der Waals surface area contributed by atoms with E-state index in [0.717, 1.165) is 55.9 Å². The summed E-state index contributed by atoms with van der Waals surface area (Å²) in [5.74, 6) is 0. The van der Waals surface area contributed by atoms with Crippen LogP contribution in [0.25, 0.3) is 21.8 Å². The van der Waals surface area contributed by atoms with Crippen molar-refractivity contribution in [1.29, 1.82) is 0 Å². The number of fused-ring (bicyclic) bond motifs is 2. The topological polar surface area (TPSA) is 32.3 Å². The van der Waals surface area contributed by atoms with Gasteiger partial charge in [-0.15, -0.1) is 0 Å². The Kier molecular flexibility index (Phi) is 6.11. The average Bonchev–Trinajstić information content (AvgIpc) is 3.03. The molecule has 0 saturated heterocycles. The zero-order chi connectivity index (χ0) is 26.7. The molecule has 0 bridgehead atoms. The van der Waals surface area contributed by atoms with Crippen LogP contribution >= 0.6 is 0 Å². The van der Waals surface area contributed by atoms with Crippen LogP contribution in [-0.4, -0.2) is 9.97 Å². The van der Waals surface area contributed by atoms with Crippen LogP contribution in [0.2, 0.25) is 0 Å². The molecule has 0 aliphatic heterocycles. The zero-order valence-corrected chi connectivity index (χ0v) is 21.8. The Bertz CT molecular complexity index is 1750. The summed E-state index contributed by atoms with van der Waals surface area (Å²) in [6.45, 7) is 0. The van der Waals surface area contributed by atoms with Crippen LogP contribution in [0.1, 0.15) is 0 Å². The molecule has 4 heteroatoms. The molecule has 0 N–H and O–H groups in total. The van der Waals surface area contributed by atoms with E-state index < -0.39 is 0 Å². The highest BCUT2D eigenvalue weighted by molar-refractivity contribution is 5.98. The molecule has 40 heavy (non-hydrogen) atoms. The molecule has 7 rings (SSSR count).